The molecule has 2 aliphatic rings. The number of Topliss-reactive ketones (excluding diaryl/α,β-unsaturated/α-hetero) is 1. The molecular formula is C30H21NO8. The molecule has 0 saturated carbocycles. The second kappa shape index (κ2) is 9.29. The van der Waals surface area contributed by atoms with E-state index in [4.69, 9.17) is 18.9 Å². The first-order valence-electron chi connectivity index (χ1n) is 12.1. The molecule has 0 saturated heterocycles. The van der Waals surface area contributed by atoms with Gasteiger partial charge in [0.1, 0.15) is 17.2 Å². The summed E-state index contributed by atoms with van der Waals surface area (Å²) in [4.78, 5) is 53.6. The Hall–Kier alpha value is -5.18. The monoisotopic (exact) mass is 523 g/mol. The molecular weight excluding hydrogens is 502 g/mol. The zero-order valence-corrected chi connectivity index (χ0v) is 20.9. The predicted octanol–water partition coefficient (Wildman–Crippen LogP) is 4.38. The standard InChI is InChI=1S/C30H21NO8/c1-36-18-8-7-17-12-21(29(34)31-22(17)13-18)20-14-25(32)38-23-10-9-19-27(33)24(39-28(19)26(20)23)11-15-3-5-16(6-4-15)30(35)37-2/h3-13,20H,14H2,1-2H3,(H,31,34). The van der Waals surface area contributed by atoms with Crippen molar-refractivity contribution in [3.8, 4) is 17.2 Å². The number of ether oxygens (including phenoxy) is 4. The Balaban J connectivity index is 1.42. The van der Waals surface area contributed by atoms with E-state index in [0.29, 0.717) is 39.1 Å². The maximum absolute atomic E-state index is 13.3. The summed E-state index contributed by atoms with van der Waals surface area (Å²) in [5.74, 6) is -0.849. The summed E-state index contributed by atoms with van der Waals surface area (Å²) in [5, 5.41) is 0.756. The Kier molecular flexibility index (Phi) is 5.76. The van der Waals surface area contributed by atoms with E-state index in [1.807, 2.05) is 6.07 Å². The number of rotatable bonds is 4. The molecule has 0 fully saturated rings. The normalized spacial score (nSPS) is 16.9. The van der Waals surface area contributed by atoms with Crippen LogP contribution in [0.4, 0.5) is 0 Å². The van der Waals surface area contributed by atoms with E-state index in [9.17, 15) is 19.2 Å². The second-order valence-corrected chi connectivity index (χ2v) is 9.15. The highest BCUT2D eigenvalue weighted by Gasteiger charge is 2.39. The lowest BCUT2D eigenvalue weighted by atomic mass is 9.85. The highest BCUT2D eigenvalue weighted by molar-refractivity contribution is 6.15. The average molecular weight is 523 g/mol. The molecule has 2 aliphatic heterocycles. The van der Waals surface area contributed by atoms with Crippen molar-refractivity contribution >= 4 is 34.7 Å². The van der Waals surface area contributed by atoms with Crippen molar-refractivity contribution in [3.63, 3.8) is 0 Å². The molecule has 3 aromatic carbocycles. The number of aromatic nitrogens is 1. The molecule has 6 rings (SSSR count). The van der Waals surface area contributed by atoms with E-state index < -0.39 is 17.9 Å². The second-order valence-electron chi connectivity index (χ2n) is 9.15. The maximum Gasteiger partial charge on any atom is 0.337 e. The highest BCUT2D eigenvalue weighted by atomic mass is 16.5. The lowest BCUT2D eigenvalue weighted by Gasteiger charge is -2.26. The van der Waals surface area contributed by atoms with Crippen LogP contribution in [0.5, 0.6) is 17.2 Å². The summed E-state index contributed by atoms with van der Waals surface area (Å²) < 4.78 is 21.5. The van der Waals surface area contributed by atoms with Crippen molar-refractivity contribution in [2.45, 2.75) is 12.3 Å². The fourth-order valence-corrected chi connectivity index (χ4v) is 4.94. The molecule has 0 radical (unpaired) electrons. The first kappa shape index (κ1) is 24.2. The van der Waals surface area contributed by atoms with Crippen molar-refractivity contribution in [3.05, 3.63) is 105 Å². The number of methoxy groups -OCH3 is 2. The Morgan fingerprint density at radius 1 is 0.974 bits per heavy atom. The Morgan fingerprint density at radius 2 is 1.77 bits per heavy atom. The number of hydrogen-bond acceptors (Lipinski definition) is 8. The lowest BCUT2D eigenvalue weighted by Crippen LogP contribution is -2.26. The zero-order chi connectivity index (χ0) is 27.3. The van der Waals surface area contributed by atoms with Crippen LogP contribution in [0, 0.1) is 0 Å². The predicted molar refractivity (Wildman–Crippen MR) is 140 cm³/mol. The molecule has 9 nitrogen and oxygen atoms in total. The number of fused-ring (bicyclic) bond motifs is 4. The fraction of sp³-hybridized carbons (Fsp3) is 0.133. The lowest BCUT2D eigenvalue weighted by molar-refractivity contribution is -0.135. The molecule has 3 heterocycles. The van der Waals surface area contributed by atoms with Gasteiger partial charge in [0.25, 0.3) is 5.56 Å². The average Bonchev–Trinajstić information content (AvgIpc) is 3.26. The number of allylic oxidation sites excluding steroid dienone is 1. The van der Waals surface area contributed by atoms with E-state index in [0.717, 1.165) is 5.39 Å². The van der Waals surface area contributed by atoms with Gasteiger partial charge in [-0.1, -0.05) is 12.1 Å². The number of benzene rings is 3. The summed E-state index contributed by atoms with van der Waals surface area (Å²) in [7, 11) is 2.84. The highest BCUT2D eigenvalue weighted by Crippen LogP contribution is 2.48. The Labute approximate surface area is 221 Å². The first-order valence-corrected chi connectivity index (χ1v) is 12.1. The molecule has 0 amide bonds. The number of pyridine rings is 1. The van der Waals surface area contributed by atoms with Crippen LogP contribution in [0.25, 0.3) is 17.0 Å². The van der Waals surface area contributed by atoms with Crippen LogP contribution in [0.2, 0.25) is 0 Å². The number of esters is 2. The largest absolute Gasteiger partial charge is 0.497 e. The number of aromatic amines is 1. The quantitative estimate of drug-likeness (QED) is 0.238. The van der Waals surface area contributed by atoms with Gasteiger partial charge in [0, 0.05) is 23.1 Å². The summed E-state index contributed by atoms with van der Waals surface area (Å²) in [6, 6.07) is 16.7. The van der Waals surface area contributed by atoms with Crippen molar-refractivity contribution in [2.75, 3.05) is 14.2 Å². The van der Waals surface area contributed by atoms with Gasteiger partial charge in [0.05, 0.1) is 37.3 Å². The van der Waals surface area contributed by atoms with E-state index in [1.165, 1.54) is 7.11 Å². The zero-order valence-electron chi connectivity index (χ0n) is 20.9. The van der Waals surface area contributed by atoms with Gasteiger partial charge < -0.3 is 23.9 Å². The van der Waals surface area contributed by atoms with Gasteiger partial charge in [-0.3, -0.25) is 14.4 Å². The van der Waals surface area contributed by atoms with Crippen molar-refractivity contribution < 1.29 is 33.3 Å². The van der Waals surface area contributed by atoms with E-state index in [-0.39, 0.29) is 35.0 Å². The molecule has 0 spiro atoms. The van der Waals surface area contributed by atoms with Crippen LogP contribution in [0.3, 0.4) is 0 Å². The van der Waals surface area contributed by atoms with Crippen molar-refractivity contribution in [1.82, 2.24) is 4.98 Å². The van der Waals surface area contributed by atoms with Crippen LogP contribution in [0.1, 0.15) is 49.7 Å². The summed E-state index contributed by atoms with van der Waals surface area (Å²) >= 11 is 0. The number of H-pyrrole nitrogens is 1. The Bertz CT molecular complexity index is 1780. The molecule has 0 aliphatic carbocycles. The van der Waals surface area contributed by atoms with Gasteiger partial charge >= 0.3 is 11.9 Å². The van der Waals surface area contributed by atoms with Gasteiger partial charge in [0.2, 0.25) is 5.78 Å². The van der Waals surface area contributed by atoms with E-state index in [2.05, 4.69) is 4.98 Å². The third-order valence-corrected chi connectivity index (χ3v) is 6.87. The molecule has 9 heteroatoms. The molecule has 0 bridgehead atoms. The minimum Gasteiger partial charge on any atom is -0.497 e. The van der Waals surface area contributed by atoms with Crippen LogP contribution in [-0.4, -0.2) is 36.9 Å². The number of nitrogens with one attached hydrogen (secondary N) is 1. The Morgan fingerprint density at radius 3 is 2.51 bits per heavy atom. The minimum absolute atomic E-state index is 0.0689. The SMILES string of the molecule is COC(=O)c1ccc(C=C2Oc3c(ccc4c3C(c3cc5ccc(OC)cc5[nH]c3=O)CC(=O)O4)C2=O)cc1. The number of carbonyl (C=O) groups is 3. The third-order valence-electron chi connectivity index (χ3n) is 6.87. The molecule has 1 unspecified atom stereocenters. The fourth-order valence-electron chi connectivity index (χ4n) is 4.94. The van der Waals surface area contributed by atoms with E-state index >= 15 is 0 Å². The summed E-state index contributed by atoms with van der Waals surface area (Å²) in [6.45, 7) is 0. The first-order chi connectivity index (χ1) is 18.9. The smallest absolute Gasteiger partial charge is 0.337 e. The van der Waals surface area contributed by atoms with Gasteiger partial charge in [0.15, 0.2) is 5.76 Å². The van der Waals surface area contributed by atoms with Gasteiger partial charge in [-0.15, -0.1) is 0 Å². The number of ketones is 1. The summed E-state index contributed by atoms with van der Waals surface area (Å²) in [6.07, 6.45) is 1.47. The van der Waals surface area contributed by atoms with Crippen LogP contribution in [0.15, 0.2) is 71.2 Å². The molecule has 4 aromatic rings. The van der Waals surface area contributed by atoms with Gasteiger partial charge in [-0.05, 0) is 59.5 Å². The summed E-state index contributed by atoms with van der Waals surface area (Å²) in [5.41, 5.74) is 2.35. The van der Waals surface area contributed by atoms with Crippen LogP contribution in [-0.2, 0) is 9.53 Å². The number of hydrogen-bond donors (Lipinski definition) is 1. The van der Waals surface area contributed by atoms with Gasteiger partial charge in [-0.2, -0.15) is 0 Å². The van der Waals surface area contributed by atoms with Crippen LogP contribution >= 0.6 is 0 Å². The van der Waals surface area contributed by atoms with E-state index in [1.54, 1.807) is 67.8 Å². The maximum atomic E-state index is 13.3. The molecule has 39 heavy (non-hydrogen) atoms. The van der Waals surface area contributed by atoms with Gasteiger partial charge in [-0.25, -0.2) is 4.79 Å². The molecule has 194 valence electrons. The number of carbonyl (C=O) groups excluding carboxylic acids is 3. The minimum atomic E-state index is -0.696. The van der Waals surface area contributed by atoms with Crippen molar-refractivity contribution in [2.24, 2.45) is 0 Å². The van der Waals surface area contributed by atoms with Crippen LogP contribution < -0.4 is 19.8 Å². The topological polar surface area (TPSA) is 121 Å². The molecule has 1 aromatic heterocycles. The molecule has 1 atom stereocenters. The van der Waals surface area contributed by atoms with Crippen molar-refractivity contribution in [1.29, 1.82) is 0 Å². The molecule has 1 N–H and O–H groups in total. The third kappa shape index (κ3) is 4.14.